The van der Waals surface area contributed by atoms with Gasteiger partial charge in [-0.15, -0.1) is 0 Å². The summed E-state index contributed by atoms with van der Waals surface area (Å²) in [6, 6.07) is 8.59. The van der Waals surface area contributed by atoms with Crippen molar-refractivity contribution in [1.82, 2.24) is 0 Å². The molecule has 0 radical (unpaired) electrons. The Labute approximate surface area is 151 Å². The van der Waals surface area contributed by atoms with Crippen LogP contribution in [-0.4, -0.2) is 17.0 Å². The highest BCUT2D eigenvalue weighted by atomic mass is 35.5. The fourth-order valence-corrected chi connectivity index (χ4v) is 2.32. The number of carboxylic acids is 1. The van der Waals surface area contributed by atoms with Gasteiger partial charge in [-0.2, -0.15) is 13.2 Å². The Kier molecular flexibility index (Phi) is 5.72. The van der Waals surface area contributed by atoms with Crippen molar-refractivity contribution in [3.05, 3.63) is 69.8 Å². The van der Waals surface area contributed by atoms with E-state index in [9.17, 15) is 22.8 Å². The van der Waals surface area contributed by atoms with E-state index >= 15 is 0 Å². The van der Waals surface area contributed by atoms with Crippen LogP contribution in [0.15, 0.2) is 48.0 Å². The minimum absolute atomic E-state index is 0.00139. The van der Waals surface area contributed by atoms with Gasteiger partial charge in [0.15, 0.2) is 0 Å². The number of alkyl halides is 3. The summed E-state index contributed by atoms with van der Waals surface area (Å²) in [6.45, 7) is 1.34. The third-order valence-corrected chi connectivity index (χ3v) is 3.79. The molecule has 2 N–H and O–H groups in total. The van der Waals surface area contributed by atoms with E-state index in [1.165, 1.54) is 43.3 Å². The zero-order chi connectivity index (χ0) is 19.5. The predicted molar refractivity (Wildman–Crippen MR) is 92.1 cm³/mol. The molecule has 0 aliphatic heterocycles. The Morgan fingerprint density at radius 2 is 1.81 bits per heavy atom. The number of carbonyl (C=O) groups excluding carboxylic acids is 1. The van der Waals surface area contributed by atoms with Gasteiger partial charge in [0, 0.05) is 5.57 Å². The molecule has 4 nitrogen and oxygen atoms in total. The summed E-state index contributed by atoms with van der Waals surface area (Å²) in [7, 11) is 0. The Morgan fingerprint density at radius 3 is 2.42 bits per heavy atom. The number of halogens is 4. The topological polar surface area (TPSA) is 66.4 Å². The summed E-state index contributed by atoms with van der Waals surface area (Å²) in [5, 5.41) is 11.5. The predicted octanol–water partition coefficient (Wildman–Crippen LogP) is 5.10. The fraction of sp³-hybridized carbons (Fsp3) is 0.111. The lowest BCUT2D eigenvalue weighted by molar-refractivity contribution is -0.137. The fourth-order valence-electron chi connectivity index (χ4n) is 2.15. The number of hydrogen-bond acceptors (Lipinski definition) is 2. The number of nitrogens with one attached hydrogen (secondary N) is 1. The van der Waals surface area contributed by atoms with E-state index in [-0.39, 0.29) is 27.4 Å². The van der Waals surface area contributed by atoms with Gasteiger partial charge in [-0.3, -0.25) is 4.79 Å². The van der Waals surface area contributed by atoms with Gasteiger partial charge < -0.3 is 10.4 Å². The molecule has 8 heteroatoms. The van der Waals surface area contributed by atoms with Crippen molar-refractivity contribution in [3.8, 4) is 0 Å². The Balaban J connectivity index is 2.30. The van der Waals surface area contributed by atoms with E-state index in [1.807, 2.05) is 0 Å². The number of hydrogen-bond donors (Lipinski definition) is 2. The third-order valence-electron chi connectivity index (χ3n) is 3.46. The second-order valence-corrected chi connectivity index (χ2v) is 5.77. The van der Waals surface area contributed by atoms with Crippen LogP contribution in [0.3, 0.4) is 0 Å². The Bertz CT molecular complexity index is 891. The van der Waals surface area contributed by atoms with Crippen molar-refractivity contribution in [3.63, 3.8) is 0 Å². The molecule has 0 aromatic heterocycles. The van der Waals surface area contributed by atoms with E-state index in [0.717, 1.165) is 12.1 Å². The highest BCUT2D eigenvalue weighted by molar-refractivity contribution is 6.34. The molecule has 2 rings (SSSR count). The maximum absolute atomic E-state index is 13.0. The summed E-state index contributed by atoms with van der Waals surface area (Å²) < 4.78 is 39.1. The van der Waals surface area contributed by atoms with Crippen LogP contribution < -0.4 is 5.32 Å². The van der Waals surface area contributed by atoms with E-state index in [2.05, 4.69) is 5.32 Å². The van der Waals surface area contributed by atoms with Crippen LogP contribution in [-0.2, 0) is 11.0 Å². The molecule has 0 saturated heterocycles. The first-order valence-corrected chi connectivity index (χ1v) is 7.66. The van der Waals surface area contributed by atoms with Gasteiger partial charge in [0.2, 0.25) is 0 Å². The SMILES string of the molecule is CC(=Cc1ccccc1C(F)(F)F)C(=O)Nc1cc(C(=O)O)ccc1Cl. The Morgan fingerprint density at radius 1 is 1.15 bits per heavy atom. The maximum atomic E-state index is 13.0. The molecule has 2 aromatic carbocycles. The normalized spacial score (nSPS) is 12.0. The number of carbonyl (C=O) groups is 2. The van der Waals surface area contributed by atoms with Gasteiger partial charge in [0.1, 0.15) is 0 Å². The molecular formula is C18H13ClF3NO3. The molecule has 0 fully saturated rings. The molecule has 0 aliphatic carbocycles. The van der Waals surface area contributed by atoms with Crippen LogP contribution in [0.1, 0.15) is 28.4 Å². The molecule has 0 aliphatic rings. The molecule has 0 heterocycles. The summed E-state index contributed by atoms with van der Waals surface area (Å²) in [6.07, 6.45) is -3.45. The van der Waals surface area contributed by atoms with Crippen molar-refractivity contribution in [2.75, 3.05) is 5.32 Å². The number of amides is 1. The van der Waals surface area contributed by atoms with Gasteiger partial charge in [-0.25, -0.2) is 4.79 Å². The first kappa shape index (κ1) is 19.5. The lowest BCUT2D eigenvalue weighted by Crippen LogP contribution is -2.14. The standard InChI is InChI=1S/C18H13ClF3NO3/c1-10(8-11-4-2-3-5-13(11)18(20,21)22)16(24)23-15-9-12(17(25)26)6-7-14(15)19/h2-9H,1H3,(H,23,24)(H,25,26). The van der Waals surface area contributed by atoms with Crippen LogP contribution >= 0.6 is 11.6 Å². The van der Waals surface area contributed by atoms with Crippen molar-refractivity contribution in [1.29, 1.82) is 0 Å². The monoisotopic (exact) mass is 383 g/mol. The van der Waals surface area contributed by atoms with E-state index in [0.29, 0.717) is 0 Å². The molecule has 0 bridgehead atoms. The van der Waals surface area contributed by atoms with Crippen molar-refractivity contribution in [2.45, 2.75) is 13.1 Å². The van der Waals surface area contributed by atoms with E-state index in [4.69, 9.17) is 16.7 Å². The van der Waals surface area contributed by atoms with E-state index < -0.39 is 23.6 Å². The summed E-state index contributed by atoms with van der Waals surface area (Å²) >= 11 is 5.92. The average molecular weight is 384 g/mol. The molecule has 0 unspecified atom stereocenters. The van der Waals surface area contributed by atoms with Crippen molar-refractivity contribution in [2.24, 2.45) is 0 Å². The van der Waals surface area contributed by atoms with Crippen molar-refractivity contribution < 1.29 is 27.9 Å². The lowest BCUT2D eigenvalue weighted by Gasteiger charge is -2.11. The first-order chi connectivity index (χ1) is 12.1. The minimum Gasteiger partial charge on any atom is -0.478 e. The number of rotatable bonds is 4. The quantitative estimate of drug-likeness (QED) is 0.722. The molecule has 0 spiro atoms. The van der Waals surface area contributed by atoms with Gasteiger partial charge in [-0.05, 0) is 42.8 Å². The smallest absolute Gasteiger partial charge is 0.416 e. The number of anilines is 1. The van der Waals surface area contributed by atoms with Crippen LogP contribution in [0.5, 0.6) is 0 Å². The molecule has 0 saturated carbocycles. The summed E-state index contributed by atoms with van der Waals surface area (Å²) in [4.78, 5) is 23.2. The van der Waals surface area contributed by atoms with Crippen LogP contribution in [0, 0.1) is 0 Å². The van der Waals surface area contributed by atoms with Gasteiger partial charge in [0.05, 0.1) is 21.8 Å². The minimum atomic E-state index is -4.55. The largest absolute Gasteiger partial charge is 0.478 e. The van der Waals surface area contributed by atoms with Crippen LogP contribution in [0.25, 0.3) is 6.08 Å². The average Bonchev–Trinajstić information content (AvgIpc) is 2.56. The molecule has 0 atom stereocenters. The molecule has 136 valence electrons. The zero-order valence-electron chi connectivity index (χ0n) is 13.4. The number of aromatic carboxylic acids is 1. The molecule has 1 amide bonds. The summed E-state index contributed by atoms with van der Waals surface area (Å²) in [5.41, 5.74) is -1.06. The maximum Gasteiger partial charge on any atom is 0.416 e. The van der Waals surface area contributed by atoms with Crippen molar-refractivity contribution >= 4 is 35.2 Å². The van der Waals surface area contributed by atoms with Crippen LogP contribution in [0.4, 0.5) is 18.9 Å². The molecule has 2 aromatic rings. The first-order valence-electron chi connectivity index (χ1n) is 7.28. The van der Waals surface area contributed by atoms with E-state index in [1.54, 1.807) is 0 Å². The van der Waals surface area contributed by atoms with Crippen LogP contribution in [0.2, 0.25) is 5.02 Å². The van der Waals surface area contributed by atoms with Gasteiger partial charge >= 0.3 is 12.1 Å². The second-order valence-electron chi connectivity index (χ2n) is 5.37. The Hall–Kier alpha value is -2.80. The zero-order valence-corrected chi connectivity index (χ0v) is 14.2. The molecule has 26 heavy (non-hydrogen) atoms. The van der Waals surface area contributed by atoms with Gasteiger partial charge in [-0.1, -0.05) is 29.8 Å². The number of carboxylic acid groups (broad SMARTS) is 1. The third kappa shape index (κ3) is 4.64. The lowest BCUT2D eigenvalue weighted by atomic mass is 10.0. The molecular weight excluding hydrogens is 371 g/mol. The highest BCUT2D eigenvalue weighted by Crippen LogP contribution is 2.33. The van der Waals surface area contributed by atoms with Gasteiger partial charge in [0.25, 0.3) is 5.91 Å². The second kappa shape index (κ2) is 7.61. The summed E-state index contributed by atoms with van der Waals surface area (Å²) in [5.74, 6) is -1.91. The number of benzene rings is 2. The highest BCUT2D eigenvalue weighted by Gasteiger charge is 2.32.